The van der Waals surface area contributed by atoms with Gasteiger partial charge in [0.15, 0.2) is 0 Å². The van der Waals surface area contributed by atoms with Crippen molar-refractivity contribution in [3.05, 3.63) is 16.5 Å². The van der Waals surface area contributed by atoms with Gasteiger partial charge in [0.05, 0.1) is 0 Å². The summed E-state index contributed by atoms with van der Waals surface area (Å²) in [6.07, 6.45) is 1.57. The first-order valence-electron chi connectivity index (χ1n) is 6.11. The van der Waals surface area contributed by atoms with Crippen LogP contribution in [0.4, 0.5) is 5.82 Å². The second-order valence-electron chi connectivity index (χ2n) is 4.37. The molecule has 0 spiro atoms. The molecule has 1 atom stereocenters. The van der Waals surface area contributed by atoms with Gasteiger partial charge in [-0.25, -0.2) is 9.97 Å². The molecule has 6 nitrogen and oxygen atoms in total. The zero-order valence-corrected chi connectivity index (χ0v) is 12.4. The van der Waals surface area contributed by atoms with E-state index in [-0.39, 0.29) is 11.8 Å². The fourth-order valence-corrected chi connectivity index (χ4v) is 2.35. The Labute approximate surface area is 119 Å². The standard InChI is InChI=1S/C12H15BrN4O2/c1-3-9-15-8(13)6-10(16-9)14-7-4-5-11(18)17(2)12(7)19/h6-7H,3-5H2,1-2H3,(H,14,15,16). The summed E-state index contributed by atoms with van der Waals surface area (Å²) in [5, 5.41) is 3.07. The summed E-state index contributed by atoms with van der Waals surface area (Å²) in [5.41, 5.74) is 0. The van der Waals surface area contributed by atoms with E-state index in [1.54, 1.807) is 6.07 Å². The highest BCUT2D eigenvalue weighted by molar-refractivity contribution is 9.10. The van der Waals surface area contributed by atoms with Crippen molar-refractivity contribution in [2.75, 3.05) is 12.4 Å². The molecule has 0 aromatic carbocycles. The van der Waals surface area contributed by atoms with Crippen molar-refractivity contribution in [2.45, 2.75) is 32.2 Å². The normalized spacial score (nSPS) is 19.7. The van der Waals surface area contributed by atoms with Gasteiger partial charge < -0.3 is 5.32 Å². The SMILES string of the molecule is CCc1nc(Br)cc(NC2CCC(=O)N(C)C2=O)n1. The number of amides is 2. The molecule has 0 saturated carbocycles. The topological polar surface area (TPSA) is 75.2 Å². The predicted molar refractivity (Wildman–Crippen MR) is 73.5 cm³/mol. The average molecular weight is 327 g/mol. The number of aryl methyl sites for hydroxylation is 1. The molecule has 7 heteroatoms. The highest BCUT2D eigenvalue weighted by Crippen LogP contribution is 2.18. The Morgan fingerprint density at radius 2 is 2.21 bits per heavy atom. The van der Waals surface area contributed by atoms with Crippen molar-refractivity contribution in [1.29, 1.82) is 0 Å². The molecule has 1 aliphatic heterocycles. The first kappa shape index (κ1) is 13.9. The van der Waals surface area contributed by atoms with Gasteiger partial charge in [0.1, 0.15) is 22.3 Å². The summed E-state index contributed by atoms with van der Waals surface area (Å²) in [7, 11) is 1.51. The van der Waals surface area contributed by atoms with Gasteiger partial charge >= 0.3 is 0 Å². The lowest BCUT2D eigenvalue weighted by molar-refractivity contribution is -0.146. The molecule has 1 aromatic heterocycles. The summed E-state index contributed by atoms with van der Waals surface area (Å²) in [6.45, 7) is 1.96. The second-order valence-corrected chi connectivity index (χ2v) is 5.18. The Balaban J connectivity index is 2.15. The van der Waals surface area contributed by atoms with E-state index in [1.807, 2.05) is 6.92 Å². The van der Waals surface area contributed by atoms with Crippen molar-refractivity contribution >= 4 is 33.6 Å². The highest BCUT2D eigenvalue weighted by atomic mass is 79.9. The Hall–Kier alpha value is -1.50. The van der Waals surface area contributed by atoms with Gasteiger partial charge in [-0.3, -0.25) is 14.5 Å². The van der Waals surface area contributed by atoms with E-state index in [0.717, 1.165) is 4.90 Å². The maximum absolute atomic E-state index is 12.0. The molecule has 2 heterocycles. The molecule has 102 valence electrons. The highest BCUT2D eigenvalue weighted by Gasteiger charge is 2.31. The van der Waals surface area contributed by atoms with E-state index in [0.29, 0.717) is 35.5 Å². The third kappa shape index (κ3) is 3.09. The fraction of sp³-hybridized carbons (Fsp3) is 0.500. The number of anilines is 1. The number of rotatable bonds is 3. The van der Waals surface area contributed by atoms with E-state index in [2.05, 4.69) is 31.2 Å². The molecule has 1 aromatic rings. The van der Waals surface area contributed by atoms with Crippen LogP contribution >= 0.6 is 15.9 Å². The summed E-state index contributed by atoms with van der Waals surface area (Å²) in [5.74, 6) is 0.939. The van der Waals surface area contributed by atoms with Gasteiger partial charge in [0.2, 0.25) is 5.91 Å². The number of aromatic nitrogens is 2. The molecule has 1 aliphatic rings. The number of halogens is 1. The quantitative estimate of drug-likeness (QED) is 0.670. The number of likely N-dealkylation sites (N-methyl/N-ethyl adjacent to an activating group) is 1. The fourth-order valence-electron chi connectivity index (χ4n) is 1.92. The zero-order chi connectivity index (χ0) is 14.0. The van der Waals surface area contributed by atoms with Crippen LogP contribution in [0.5, 0.6) is 0 Å². The van der Waals surface area contributed by atoms with Crippen LogP contribution < -0.4 is 5.32 Å². The second kappa shape index (κ2) is 5.64. The van der Waals surface area contributed by atoms with Crippen LogP contribution in [0, 0.1) is 0 Å². The molecule has 0 radical (unpaired) electrons. The van der Waals surface area contributed by atoms with Gasteiger partial charge in [-0.15, -0.1) is 0 Å². The number of likely N-dealkylation sites (tertiary alicyclic amines) is 1. The molecule has 2 amide bonds. The molecule has 1 saturated heterocycles. The number of nitrogens with one attached hydrogen (secondary N) is 1. The summed E-state index contributed by atoms with van der Waals surface area (Å²) >= 11 is 3.31. The smallest absolute Gasteiger partial charge is 0.251 e. The number of piperidine rings is 1. The third-order valence-corrected chi connectivity index (χ3v) is 3.44. The van der Waals surface area contributed by atoms with Crippen molar-refractivity contribution in [2.24, 2.45) is 0 Å². The number of imide groups is 1. The molecular formula is C12H15BrN4O2. The minimum Gasteiger partial charge on any atom is -0.358 e. The Kier molecular flexibility index (Phi) is 4.14. The molecular weight excluding hydrogens is 312 g/mol. The molecule has 0 bridgehead atoms. The summed E-state index contributed by atoms with van der Waals surface area (Å²) < 4.78 is 0.675. The lowest BCUT2D eigenvalue weighted by Crippen LogP contribution is -2.48. The van der Waals surface area contributed by atoms with Crippen molar-refractivity contribution < 1.29 is 9.59 Å². The number of hydrogen-bond acceptors (Lipinski definition) is 5. The average Bonchev–Trinajstić information content (AvgIpc) is 2.39. The zero-order valence-electron chi connectivity index (χ0n) is 10.8. The number of hydrogen-bond donors (Lipinski definition) is 1. The molecule has 1 unspecified atom stereocenters. The van der Waals surface area contributed by atoms with E-state index >= 15 is 0 Å². The van der Waals surface area contributed by atoms with Gasteiger partial charge in [0.25, 0.3) is 5.91 Å². The Morgan fingerprint density at radius 1 is 1.47 bits per heavy atom. The molecule has 2 rings (SSSR count). The van der Waals surface area contributed by atoms with Crippen LogP contribution in [0.1, 0.15) is 25.6 Å². The van der Waals surface area contributed by atoms with Crippen LogP contribution in [-0.4, -0.2) is 39.8 Å². The molecule has 0 aliphatic carbocycles. The minimum atomic E-state index is -0.408. The van der Waals surface area contributed by atoms with E-state index in [4.69, 9.17) is 0 Å². The minimum absolute atomic E-state index is 0.138. The van der Waals surface area contributed by atoms with Crippen LogP contribution in [0.2, 0.25) is 0 Å². The van der Waals surface area contributed by atoms with Crippen LogP contribution in [0.25, 0.3) is 0 Å². The third-order valence-electron chi connectivity index (χ3n) is 3.03. The first-order valence-corrected chi connectivity index (χ1v) is 6.91. The van der Waals surface area contributed by atoms with Crippen molar-refractivity contribution in [1.82, 2.24) is 14.9 Å². The van der Waals surface area contributed by atoms with E-state index in [1.165, 1.54) is 7.05 Å². The Morgan fingerprint density at radius 3 is 2.89 bits per heavy atom. The number of nitrogens with zero attached hydrogens (tertiary/aromatic N) is 3. The first-order chi connectivity index (χ1) is 9.01. The van der Waals surface area contributed by atoms with Crippen LogP contribution in [-0.2, 0) is 16.0 Å². The summed E-state index contributed by atoms with van der Waals surface area (Å²) in [4.78, 5) is 33.1. The van der Waals surface area contributed by atoms with Gasteiger partial charge in [0, 0.05) is 26.0 Å². The van der Waals surface area contributed by atoms with E-state index < -0.39 is 6.04 Å². The number of carbonyl (C=O) groups excluding carboxylic acids is 2. The lowest BCUT2D eigenvalue weighted by atomic mass is 10.0. The lowest BCUT2D eigenvalue weighted by Gasteiger charge is -2.28. The Bertz CT molecular complexity index is 520. The van der Waals surface area contributed by atoms with Gasteiger partial charge in [-0.05, 0) is 22.4 Å². The van der Waals surface area contributed by atoms with Crippen LogP contribution in [0.15, 0.2) is 10.7 Å². The van der Waals surface area contributed by atoms with Crippen molar-refractivity contribution in [3.8, 4) is 0 Å². The summed E-state index contributed by atoms with van der Waals surface area (Å²) in [6, 6.07) is 1.32. The van der Waals surface area contributed by atoms with Crippen molar-refractivity contribution in [3.63, 3.8) is 0 Å². The molecule has 1 fully saturated rings. The molecule has 1 N–H and O–H groups in total. The van der Waals surface area contributed by atoms with E-state index in [9.17, 15) is 9.59 Å². The molecule has 19 heavy (non-hydrogen) atoms. The van der Waals surface area contributed by atoms with Gasteiger partial charge in [-0.2, -0.15) is 0 Å². The maximum atomic E-state index is 12.0. The van der Waals surface area contributed by atoms with Crippen LogP contribution in [0.3, 0.4) is 0 Å². The van der Waals surface area contributed by atoms with Gasteiger partial charge in [-0.1, -0.05) is 6.92 Å². The maximum Gasteiger partial charge on any atom is 0.251 e. The predicted octanol–water partition coefficient (Wildman–Crippen LogP) is 1.36. The monoisotopic (exact) mass is 326 g/mol. The number of carbonyl (C=O) groups is 2. The largest absolute Gasteiger partial charge is 0.358 e.